The largest absolute Gasteiger partial charge is 0.388 e. The van der Waals surface area contributed by atoms with Gasteiger partial charge in [-0.05, 0) is 26.3 Å². The van der Waals surface area contributed by atoms with Gasteiger partial charge in [-0.25, -0.2) is 0 Å². The first-order chi connectivity index (χ1) is 9.40. The summed E-state index contributed by atoms with van der Waals surface area (Å²) < 4.78 is 5.61. The third-order valence-corrected chi connectivity index (χ3v) is 3.74. The predicted molar refractivity (Wildman–Crippen MR) is 77.2 cm³/mol. The van der Waals surface area contributed by atoms with Crippen LogP contribution in [-0.2, 0) is 9.53 Å². The van der Waals surface area contributed by atoms with Crippen molar-refractivity contribution in [2.24, 2.45) is 0 Å². The topological polar surface area (TPSA) is 49.8 Å². The summed E-state index contributed by atoms with van der Waals surface area (Å²) in [4.78, 5) is 14.3. The second kappa shape index (κ2) is 5.94. The average Bonchev–Trinajstić information content (AvgIpc) is 2.42. The van der Waals surface area contributed by atoms with Crippen molar-refractivity contribution in [1.82, 2.24) is 4.90 Å². The molecule has 1 fully saturated rings. The molecule has 0 saturated carbocycles. The number of rotatable bonds is 3. The molecule has 2 rings (SSSR count). The van der Waals surface area contributed by atoms with Crippen LogP contribution in [-0.4, -0.2) is 40.7 Å². The fourth-order valence-corrected chi connectivity index (χ4v) is 2.49. The van der Waals surface area contributed by atoms with Gasteiger partial charge in [-0.2, -0.15) is 0 Å². The monoisotopic (exact) mass is 277 g/mol. The van der Waals surface area contributed by atoms with Crippen LogP contribution in [0.4, 0.5) is 0 Å². The number of morpholine rings is 1. The molecule has 2 unspecified atom stereocenters. The lowest BCUT2D eigenvalue weighted by Gasteiger charge is -2.45. The molecule has 1 aliphatic rings. The summed E-state index contributed by atoms with van der Waals surface area (Å²) in [6.07, 6.45) is -0.598. The van der Waals surface area contributed by atoms with E-state index in [1.807, 2.05) is 56.0 Å². The Labute approximate surface area is 120 Å². The zero-order chi connectivity index (χ0) is 14.8. The van der Waals surface area contributed by atoms with Crippen molar-refractivity contribution in [2.75, 3.05) is 13.2 Å². The van der Waals surface area contributed by atoms with Crippen LogP contribution in [0.25, 0.3) is 0 Å². The summed E-state index contributed by atoms with van der Waals surface area (Å²) in [5.74, 6) is -0.0264. The van der Waals surface area contributed by atoms with Crippen molar-refractivity contribution >= 4 is 5.91 Å². The van der Waals surface area contributed by atoms with E-state index >= 15 is 0 Å². The second-order valence-corrected chi connectivity index (χ2v) is 6.07. The van der Waals surface area contributed by atoms with Gasteiger partial charge in [0.05, 0.1) is 30.8 Å². The highest BCUT2D eigenvalue weighted by Gasteiger charge is 2.37. The molecule has 1 aromatic carbocycles. The van der Waals surface area contributed by atoms with Gasteiger partial charge in [0, 0.05) is 6.54 Å². The number of carbonyl (C=O) groups is 1. The number of aliphatic hydroxyl groups is 1. The highest BCUT2D eigenvalue weighted by molar-refractivity contribution is 5.78. The standard InChI is InChI=1S/C16H23NO3/c1-12-10-17(16(2,3)11-20-12)15(19)9-14(18)13-7-5-4-6-8-13/h4-8,12,14,18H,9-11H2,1-3H3. The van der Waals surface area contributed by atoms with Crippen molar-refractivity contribution in [3.63, 3.8) is 0 Å². The molecule has 0 aliphatic carbocycles. The Balaban J connectivity index is 2.03. The first kappa shape index (κ1) is 15.0. The molecule has 0 bridgehead atoms. The van der Waals surface area contributed by atoms with Crippen LogP contribution in [0.5, 0.6) is 0 Å². The lowest BCUT2D eigenvalue weighted by Crippen LogP contribution is -2.58. The Morgan fingerprint density at radius 3 is 2.75 bits per heavy atom. The maximum Gasteiger partial charge on any atom is 0.226 e. The normalized spacial score (nSPS) is 23.4. The Bertz CT molecular complexity index is 458. The van der Waals surface area contributed by atoms with E-state index in [-0.39, 0.29) is 24.0 Å². The number of hydrogen-bond acceptors (Lipinski definition) is 3. The van der Waals surface area contributed by atoms with Gasteiger partial charge < -0.3 is 14.7 Å². The van der Waals surface area contributed by atoms with E-state index in [1.54, 1.807) is 0 Å². The van der Waals surface area contributed by atoms with Gasteiger partial charge in [-0.1, -0.05) is 30.3 Å². The molecular weight excluding hydrogens is 254 g/mol. The molecular formula is C16H23NO3. The Morgan fingerprint density at radius 2 is 2.10 bits per heavy atom. The minimum absolute atomic E-state index is 0.0264. The summed E-state index contributed by atoms with van der Waals surface area (Å²) in [7, 11) is 0. The molecule has 110 valence electrons. The van der Waals surface area contributed by atoms with E-state index in [4.69, 9.17) is 4.74 Å². The van der Waals surface area contributed by atoms with Crippen LogP contribution in [0, 0.1) is 0 Å². The van der Waals surface area contributed by atoms with Gasteiger partial charge in [0.2, 0.25) is 5.91 Å². The number of hydrogen-bond donors (Lipinski definition) is 1. The van der Waals surface area contributed by atoms with E-state index in [1.165, 1.54) is 0 Å². The van der Waals surface area contributed by atoms with Crippen molar-refractivity contribution in [3.05, 3.63) is 35.9 Å². The molecule has 1 heterocycles. The number of benzene rings is 1. The third-order valence-electron chi connectivity index (χ3n) is 3.74. The molecule has 0 aromatic heterocycles. The van der Waals surface area contributed by atoms with E-state index in [2.05, 4.69) is 0 Å². The van der Waals surface area contributed by atoms with Crippen LogP contribution in [0.3, 0.4) is 0 Å². The number of aliphatic hydroxyl groups excluding tert-OH is 1. The predicted octanol–water partition coefficient (Wildman–Crippen LogP) is 2.14. The van der Waals surface area contributed by atoms with Crippen LogP contribution >= 0.6 is 0 Å². The summed E-state index contributed by atoms with van der Waals surface area (Å²) >= 11 is 0. The summed E-state index contributed by atoms with van der Waals surface area (Å²) in [6.45, 7) is 7.05. The van der Waals surface area contributed by atoms with E-state index < -0.39 is 6.10 Å². The van der Waals surface area contributed by atoms with Gasteiger partial charge in [0.1, 0.15) is 0 Å². The number of nitrogens with zero attached hydrogens (tertiary/aromatic N) is 1. The molecule has 1 aromatic rings. The Morgan fingerprint density at radius 1 is 1.45 bits per heavy atom. The maximum atomic E-state index is 12.5. The molecule has 1 aliphatic heterocycles. The molecule has 0 radical (unpaired) electrons. The first-order valence-corrected chi connectivity index (χ1v) is 7.05. The number of ether oxygens (including phenoxy) is 1. The molecule has 4 nitrogen and oxygen atoms in total. The first-order valence-electron chi connectivity index (χ1n) is 7.05. The van der Waals surface area contributed by atoms with Gasteiger partial charge in [0.25, 0.3) is 0 Å². The Hall–Kier alpha value is -1.39. The highest BCUT2D eigenvalue weighted by Crippen LogP contribution is 2.25. The number of amides is 1. The molecule has 4 heteroatoms. The summed E-state index contributed by atoms with van der Waals surface area (Å²) in [5, 5.41) is 10.2. The zero-order valence-corrected chi connectivity index (χ0v) is 12.4. The van der Waals surface area contributed by atoms with Crippen LogP contribution in [0.1, 0.15) is 38.9 Å². The van der Waals surface area contributed by atoms with E-state index in [9.17, 15) is 9.90 Å². The van der Waals surface area contributed by atoms with Crippen molar-refractivity contribution in [2.45, 2.75) is 44.9 Å². The molecule has 1 amide bonds. The van der Waals surface area contributed by atoms with Gasteiger partial charge in [-0.15, -0.1) is 0 Å². The lowest BCUT2D eigenvalue weighted by molar-refractivity contribution is -0.154. The molecule has 1 N–H and O–H groups in total. The van der Waals surface area contributed by atoms with Crippen molar-refractivity contribution in [3.8, 4) is 0 Å². The maximum absolute atomic E-state index is 12.5. The van der Waals surface area contributed by atoms with Gasteiger partial charge in [-0.3, -0.25) is 4.79 Å². The summed E-state index contributed by atoms with van der Waals surface area (Å²) in [6, 6.07) is 9.30. The van der Waals surface area contributed by atoms with Crippen molar-refractivity contribution in [1.29, 1.82) is 0 Å². The molecule has 2 atom stereocenters. The molecule has 0 spiro atoms. The van der Waals surface area contributed by atoms with Crippen LogP contribution in [0.2, 0.25) is 0 Å². The average molecular weight is 277 g/mol. The fourth-order valence-electron chi connectivity index (χ4n) is 2.49. The highest BCUT2D eigenvalue weighted by atomic mass is 16.5. The smallest absolute Gasteiger partial charge is 0.226 e. The fraction of sp³-hybridized carbons (Fsp3) is 0.562. The Kier molecular flexibility index (Phi) is 4.45. The molecule has 1 saturated heterocycles. The lowest BCUT2D eigenvalue weighted by atomic mass is 9.98. The second-order valence-electron chi connectivity index (χ2n) is 6.07. The molecule has 20 heavy (non-hydrogen) atoms. The third kappa shape index (κ3) is 3.38. The summed E-state index contributed by atoms with van der Waals surface area (Å²) in [5.41, 5.74) is 0.458. The van der Waals surface area contributed by atoms with Gasteiger partial charge >= 0.3 is 0 Å². The van der Waals surface area contributed by atoms with Crippen LogP contribution in [0.15, 0.2) is 30.3 Å². The minimum atomic E-state index is -0.752. The van der Waals surface area contributed by atoms with E-state index in [0.717, 1.165) is 5.56 Å². The minimum Gasteiger partial charge on any atom is -0.388 e. The van der Waals surface area contributed by atoms with E-state index in [0.29, 0.717) is 13.2 Å². The van der Waals surface area contributed by atoms with Gasteiger partial charge in [0.15, 0.2) is 0 Å². The van der Waals surface area contributed by atoms with Crippen molar-refractivity contribution < 1.29 is 14.6 Å². The van der Waals surface area contributed by atoms with Crippen LogP contribution < -0.4 is 0 Å². The SMILES string of the molecule is CC1CN(C(=O)CC(O)c2ccccc2)C(C)(C)CO1. The zero-order valence-electron chi connectivity index (χ0n) is 12.4. The number of carbonyl (C=O) groups excluding carboxylic acids is 1. The quantitative estimate of drug-likeness (QED) is 0.921.